The second kappa shape index (κ2) is 25.9. The summed E-state index contributed by atoms with van der Waals surface area (Å²) < 4.78 is 28.9. The van der Waals surface area contributed by atoms with E-state index in [0.29, 0.717) is 11.5 Å². The van der Waals surface area contributed by atoms with E-state index in [-0.39, 0.29) is 14.1 Å². The summed E-state index contributed by atoms with van der Waals surface area (Å²) in [6.07, 6.45) is 0. The molecule has 0 fully saturated rings. The maximum Gasteiger partial charge on any atom is 0.260 e. The highest BCUT2D eigenvalue weighted by Crippen LogP contribution is 2.53. The Labute approximate surface area is 541 Å². The zero-order valence-electron chi connectivity index (χ0n) is 48.9. The number of hydrogen-bond donors (Lipinski definition) is 0. The topological polar surface area (TPSA) is 36.9 Å². The Morgan fingerprint density at radius 2 is 0.495 bits per heavy atom. The average Bonchev–Trinajstić information content (AvgIpc) is 0.755. The number of benzene rings is 14. The molecule has 0 radical (unpaired) electrons. The van der Waals surface area contributed by atoms with Gasteiger partial charge in [-0.25, -0.2) is 0 Å². The molecule has 0 saturated carbocycles. The van der Waals surface area contributed by atoms with Gasteiger partial charge >= 0.3 is 0 Å². The average molecular weight is 1240 g/mol. The van der Waals surface area contributed by atoms with Gasteiger partial charge in [0, 0.05) is 50.0 Å². The van der Waals surface area contributed by atoms with E-state index in [1.165, 1.54) is 0 Å². The molecule has 16 rings (SSSR count). The fourth-order valence-corrected chi connectivity index (χ4v) is 13.1. The van der Waals surface area contributed by atoms with E-state index in [9.17, 15) is 0 Å². The first-order valence-corrected chi connectivity index (χ1v) is 31.1. The SMILES string of the molecule is Brc1c(Oc2ccccc2-c2ccccc2)c(-c2ccccc2)cc(-c2ccccc2)c1Oc1ccccc1-c1ccccc1.C.c1ccc(-c2cccc3c2Oc2c(-c4ccccc4)cc(-c4ccccc4)c4c2B3c2cccc(-c3ccccc3)c2O4)cc1. The van der Waals surface area contributed by atoms with Crippen molar-refractivity contribution in [2.45, 2.75) is 7.43 Å². The van der Waals surface area contributed by atoms with Gasteiger partial charge in [-0.1, -0.05) is 323 Å². The van der Waals surface area contributed by atoms with Crippen LogP contribution in [-0.4, -0.2) is 6.71 Å². The third-order valence-corrected chi connectivity index (χ3v) is 17.5. The highest BCUT2D eigenvalue weighted by atomic mass is 79.9. The van der Waals surface area contributed by atoms with Crippen LogP contribution in [0.2, 0.25) is 0 Å². The molecule has 2 aliphatic rings. The Bertz CT molecular complexity index is 4560. The molecular weight excluding hydrogens is 1180 g/mol. The van der Waals surface area contributed by atoms with Crippen LogP contribution in [0.3, 0.4) is 0 Å². The first-order valence-electron chi connectivity index (χ1n) is 30.3. The van der Waals surface area contributed by atoms with Crippen molar-refractivity contribution in [1.29, 1.82) is 0 Å². The molecule has 4 nitrogen and oxygen atoms in total. The van der Waals surface area contributed by atoms with Gasteiger partial charge in [-0.2, -0.15) is 0 Å². The third kappa shape index (κ3) is 11.3. The van der Waals surface area contributed by atoms with Gasteiger partial charge in [0.05, 0.1) is 0 Å². The summed E-state index contributed by atoms with van der Waals surface area (Å²) in [5, 5.41) is 0. The summed E-state index contributed by atoms with van der Waals surface area (Å²) >= 11 is 4.00. The minimum absolute atomic E-state index is 0. The van der Waals surface area contributed by atoms with Crippen LogP contribution in [-0.2, 0) is 0 Å². The lowest BCUT2D eigenvalue weighted by Gasteiger charge is -2.36. The van der Waals surface area contributed by atoms with Crippen molar-refractivity contribution in [1.82, 2.24) is 0 Å². The van der Waals surface area contributed by atoms with Crippen LogP contribution < -0.4 is 35.3 Å². The Kier molecular flexibility index (Phi) is 16.4. The van der Waals surface area contributed by atoms with Crippen LogP contribution in [0, 0.1) is 0 Å². The van der Waals surface area contributed by atoms with Gasteiger partial charge < -0.3 is 18.9 Å². The van der Waals surface area contributed by atoms with Crippen LogP contribution in [0.4, 0.5) is 0 Å². The predicted molar refractivity (Wildman–Crippen MR) is 382 cm³/mol. The second-order valence-corrected chi connectivity index (χ2v) is 23.0. The number of ether oxygens (including phenoxy) is 4. The molecule has 14 aromatic carbocycles. The number of para-hydroxylation sites is 4. The predicted octanol–water partition coefficient (Wildman–Crippen LogP) is 22.4. The van der Waals surface area contributed by atoms with Gasteiger partial charge in [0.15, 0.2) is 11.5 Å². The largest absolute Gasteiger partial charge is 0.457 e. The molecule has 0 saturated heterocycles. The molecular formula is C85H60BBrO4. The molecule has 0 bridgehead atoms. The van der Waals surface area contributed by atoms with Crippen molar-refractivity contribution in [2.24, 2.45) is 0 Å². The first kappa shape index (κ1) is 57.6. The van der Waals surface area contributed by atoms with Gasteiger partial charge in [-0.15, -0.1) is 0 Å². The Hall–Kier alpha value is -11.2. The van der Waals surface area contributed by atoms with Crippen molar-refractivity contribution in [3.63, 3.8) is 0 Å². The second-order valence-electron chi connectivity index (χ2n) is 22.2. The summed E-state index contributed by atoms with van der Waals surface area (Å²) in [6.45, 7) is -0.0825. The standard InChI is InChI=1S/C42H27BO2.C42H29BrO2.CH4/c1-5-15-28(16-6-1)32-23-13-25-36-39(32)44-41-34(30-19-9-3-10-20-30)27-35(31-21-11-4-12-22-31)42-38(41)43(36)37-26-14-24-33(40(37)45-42)29-17-7-2-8-18-29;43-40-41(44-38-27-15-13-25-34(38)30-17-5-1-6-18-30)36(32-21-9-3-10-22-32)29-37(33-23-11-4-12-24-33)42(40)45-39-28-16-14-26-35(39)31-19-7-2-8-20-31;/h1-27H;1-29H;1H4. The van der Waals surface area contributed by atoms with Crippen LogP contribution in [0.25, 0.3) is 89.0 Å². The lowest BCUT2D eigenvalue weighted by molar-refractivity contribution is 0.459. The molecule has 434 valence electrons. The fraction of sp³-hybridized carbons (Fsp3) is 0.0118. The zero-order chi connectivity index (χ0) is 60.2. The maximum atomic E-state index is 7.14. The van der Waals surface area contributed by atoms with E-state index >= 15 is 0 Å². The van der Waals surface area contributed by atoms with Crippen LogP contribution >= 0.6 is 15.9 Å². The maximum absolute atomic E-state index is 7.14. The summed E-state index contributed by atoms with van der Waals surface area (Å²) in [7, 11) is 0. The van der Waals surface area contributed by atoms with E-state index in [2.05, 4.69) is 246 Å². The van der Waals surface area contributed by atoms with Crippen LogP contribution in [0.15, 0.2) is 344 Å². The van der Waals surface area contributed by atoms with Gasteiger partial charge in [-0.05, 0) is 95.6 Å². The van der Waals surface area contributed by atoms with E-state index in [4.69, 9.17) is 18.9 Å². The summed E-state index contributed by atoms with van der Waals surface area (Å²) in [6, 6.07) is 117. The quantitative estimate of drug-likeness (QED) is 0.114. The van der Waals surface area contributed by atoms with Crippen molar-refractivity contribution >= 4 is 39.0 Å². The number of halogens is 1. The Balaban J connectivity index is 0.000000157. The first-order chi connectivity index (χ1) is 44.6. The number of hydrogen-bond acceptors (Lipinski definition) is 4. The van der Waals surface area contributed by atoms with E-state index in [1.54, 1.807) is 0 Å². The minimum atomic E-state index is -0.0825. The summed E-state index contributed by atoms with van der Waals surface area (Å²) in [4.78, 5) is 0. The lowest BCUT2D eigenvalue weighted by Crippen LogP contribution is -2.57. The molecule has 0 aliphatic carbocycles. The van der Waals surface area contributed by atoms with E-state index in [0.717, 1.165) is 144 Å². The zero-order valence-corrected chi connectivity index (χ0v) is 50.5. The molecule has 0 N–H and O–H groups in total. The van der Waals surface area contributed by atoms with Gasteiger partial charge in [0.1, 0.15) is 39.0 Å². The molecule has 2 heterocycles. The highest BCUT2D eigenvalue weighted by molar-refractivity contribution is 9.10. The highest BCUT2D eigenvalue weighted by Gasteiger charge is 2.44. The number of rotatable bonds is 12. The van der Waals surface area contributed by atoms with Gasteiger partial charge in [0.25, 0.3) is 6.71 Å². The molecule has 0 spiro atoms. The molecule has 0 unspecified atom stereocenters. The fourth-order valence-electron chi connectivity index (χ4n) is 12.5. The molecule has 91 heavy (non-hydrogen) atoms. The molecule has 0 amide bonds. The summed E-state index contributed by atoms with van der Waals surface area (Å²) in [5.74, 6) is 6.37. The molecule has 6 heteroatoms. The normalized spacial score (nSPS) is 11.4. The van der Waals surface area contributed by atoms with Crippen molar-refractivity contribution in [3.8, 4) is 135 Å². The smallest absolute Gasteiger partial charge is 0.260 e. The lowest BCUT2D eigenvalue weighted by atomic mass is 9.34. The molecule has 0 atom stereocenters. The Morgan fingerprint density at radius 3 is 0.824 bits per heavy atom. The molecule has 2 aliphatic heterocycles. The van der Waals surface area contributed by atoms with Gasteiger partial charge in [-0.3, -0.25) is 0 Å². The van der Waals surface area contributed by atoms with Crippen molar-refractivity contribution < 1.29 is 18.9 Å². The van der Waals surface area contributed by atoms with Crippen molar-refractivity contribution in [2.75, 3.05) is 0 Å². The van der Waals surface area contributed by atoms with Crippen LogP contribution in [0.1, 0.15) is 7.43 Å². The number of fused-ring (bicyclic) bond motifs is 4. The third-order valence-electron chi connectivity index (χ3n) is 16.7. The molecule has 14 aromatic rings. The van der Waals surface area contributed by atoms with Crippen molar-refractivity contribution in [3.05, 3.63) is 344 Å². The van der Waals surface area contributed by atoms with Crippen LogP contribution in [0.5, 0.6) is 46.0 Å². The van der Waals surface area contributed by atoms with E-state index in [1.807, 2.05) is 109 Å². The summed E-state index contributed by atoms with van der Waals surface area (Å²) in [5.41, 5.74) is 20.3. The molecule has 0 aromatic heterocycles. The van der Waals surface area contributed by atoms with Gasteiger partial charge in [0.2, 0.25) is 0 Å². The van der Waals surface area contributed by atoms with E-state index < -0.39 is 0 Å². The monoisotopic (exact) mass is 1230 g/mol. The Morgan fingerprint density at radius 1 is 0.242 bits per heavy atom. The minimum Gasteiger partial charge on any atom is -0.457 e.